The van der Waals surface area contributed by atoms with E-state index in [9.17, 15) is 4.39 Å². The van der Waals surface area contributed by atoms with E-state index in [1.54, 1.807) is 6.92 Å². The van der Waals surface area contributed by atoms with Gasteiger partial charge in [0.1, 0.15) is 6.67 Å². The molecule has 0 spiro atoms. The van der Waals surface area contributed by atoms with Gasteiger partial charge in [-0.1, -0.05) is 0 Å². The van der Waals surface area contributed by atoms with E-state index in [4.69, 9.17) is 12.2 Å². The van der Waals surface area contributed by atoms with Crippen LogP contribution >= 0.6 is 12.2 Å². The Morgan fingerprint density at radius 1 is 1.70 bits per heavy atom. The van der Waals surface area contributed by atoms with Crippen LogP contribution in [-0.2, 0) is 0 Å². The van der Waals surface area contributed by atoms with E-state index in [0.717, 1.165) is 6.54 Å². The van der Waals surface area contributed by atoms with Crippen molar-refractivity contribution in [3.63, 3.8) is 0 Å². The van der Waals surface area contributed by atoms with Crippen molar-refractivity contribution < 1.29 is 4.39 Å². The maximum Gasteiger partial charge on any atom is 0.166 e. The molecule has 0 bridgehead atoms. The first-order valence-corrected chi connectivity index (χ1v) is 3.71. The van der Waals surface area contributed by atoms with Crippen LogP contribution in [0.3, 0.4) is 0 Å². The van der Waals surface area contributed by atoms with Crippen molar-refractivity contribution in [1.29, 1.82) is 0 Å². The molecule has 0 aliphatic carbocycles. The molecule has 1 atom stereocenters. The number of rotatable bonds is 3. The summed E-state index contributed by atoms with van der Waals surface area (Å²) in [7, 11) is 0. The predicted molar refractivity (Wildman–Crippen MR) is 44.8 cm³/mol. The molecule has 0 aromatic rings. The summed E-state index contributed by atoms with van der Waals surface area (Å²) in [5.41, 5.74) is 0. The Morgan fingerprint density at radius 2 is 2.30 bits per heavy atom. The number of alkyl halides is 1. The highest BCUT2D eigenvalue weighted by atomic mass is 32.1. The minimum absolute atomic E-state index is 0.188. The molecule has 0 amide bonds. The predicted octanol–water partition coefficient (Wildman–Crippen LogP) is 0.828. The van der Waals surface area contributed by atoms with Crippen LogP contribution in [0.15, 0.2) is 0 Å². The molecule has 2 N–H and O–H groups in total. The van der Waals surface area contributed by atoms with E-state index >= 15 is 0 Å². The molecule has 1 unspecified atom stereocenters. The summed E-state index contributed by atoms with van der Waals surface area (Å²) >= 11 is 4.81. The monoisotopic (exact) mass is 164 g/mol. The van der Waals surface area contributed by atoms with Gasteiger partial charge in [0, 0.05) is 6.54 Å². The van der Waals surface area contributed by atoms with Crippen LogP contribution in [0.2, 0.25) is 0 Å². The van der Waals surface area contributed by atoms with Gasteiger partial charge in [-0.05, 0) is 26.1 Å². The normalized spacial score (nSPS) is 12.3. The standard InChI is InChI=1S/C6H13FN2S/c1-3-8-6(10)9-5(2)4-7/h5H,3-4H2,1-2H3,(H2,8,9,10). The third-order valence-corrected chi connectivity index (χ3v) is 1.21. The fourth-order valence-electron chi connectivity index (χ4n) is 0.474. The van der Waals surface area contributed by atoms with Gasteiger partial charge in [0.2, 0.25) is 0 Å². The molecule has 0 rings (SSSR count). The molecule has 10 heavy (non-hydrogen) atoms. The number of nitrogens with one attached hydrogen (secondary N) is 2. The molecular weight excluding hydrogens is 151 g/mol. The molecule has 0 aliphatic heterocycles. The molecule has 2 nitrogen and oxygen atoms in total. The fourth-order valence-corrected chi connectivity index (χ4v) is 0.819. The fraction of sp³-hybridized carbons (Fsp3) is 0.833. The zero-order valence-electron chi connectivity index (χ0n) is 6.28. The summed E-state index contributed by atoms with van der Waals surface area (Å²) in [6, 6.07) is -0.188. The molecule has 0 heterocycles. The van der Waals surface area contributed by atoms with Crippen LogP contribution in [-0.4, -0.2) is 24.4 Å². The zero-order valence-corrected chi connectivity index (χ0v) is 7.09. The Balaban J connectivity index is 3.37. The molecule has 0 saturated carbocycles. The Labute approximate surface area is 66.2 Å². The Bertz CT molecular complexity index is 108. The molecule has 0 radical (unpaired) electrons. The van der Waals surface area contributed by atoms with Gasteiger partial charge in [-0.25, -0.2) is 4.39 Å². The van der Waals surface area contributed by atoms with Crippen molar-refractivity contribution in [3.05, 3.63) is 0 Å². The molecule has 60 valence electrons. The Morgan fingerprint density at radius 3 is 2.70 bits per heavy atom. The third kappa shape index (κ3) is 4.49. The summed E-state index contributed by atoms with van der Waals surface area (Å²) < 4.78 is 11.8. The first kappa shape index (κ1) is 9.62. The summed E-state index contributed by atoms with van der Waals surface area (Å²) in [5.74, 6) is 0. The highest BCUT2D eigenvalue weighted by molar-refractivity contribution is 7.80. The maximum atomic E-state index is 11.8. The van der Waals surface area contributed by atoms with Crippen LogP contribution < -0.4 is 10.6 Å². The Hall–Kier alpha value is -0.380. The van der Waals surface area contributed by atoms with Crippen molar-refractivity contribution in [2.75, 3.05) is 13.2 Å². The summed E-state index contributed by atoms with van der Waals surface area (Å²) in [6.45, 7) is 4.05. The van der Waals surface area contributed by atoms with Crippen LogP contribution in [0.5, 0.6) is 0 Å². The summed E-state index contributed by atoms with van der Waals surface area (Å²) in [4.78, 5) is 0. The molecular formula is C6H13FN2S. The molecule has 4 heteroatoms. The van der Waals surface area contributed by atoms with Gasteiger partial charge in [0.05, 0.1) is 6.04 Å². The Kier molecular flexibility index (Phi) is 5.20. The minimum Gasteiger partial charge on any atom is -0.363 e. The average Bonchev–Trinajstić information content (AvgIpc) is 1.88. The van der Waals surface area contributed by atoms with E-state index in [2.05, 4.69) is 10.6 Å². The van der Waals surface area contributed by atoms with Crippen molar-refractivity contribution in [3.8, 4) is 0 Å². The number of hydrogen-bond acceptors (Lipinski definition) is 1. The van der Waals surface area contributed by atoms with E-state index in [0.29, 0.717) is 5.11 Å². The van der Waals surface area contributed by atoms with E-state index < -0.39 is 6.67 Å². The SMILES string of the molecule is CCNC(=S)NC(C)CF. The average molecular weight is 164 g/mol. The maximum absolute atomic E-state index is 11.8. The topological polar surface area (TPSA) is 24.1 Å². The molecule has 0 saturated heterocycles. The second-order valence-corrected chi connectivity index (χ2v) is 2.47. The lowest BCUT2D eigenvalue weighted by Crippen LogP contribution is -2.41. The third-order valence-electron chi connectivity index (χ3n) is 0.946. The second-order valence-electron chi connectivity index (χ2n) is 2.06. The van der Waals surface area contributed by atoms with E-state index in [1.807, 2.05) is 6.92 Å². The summed E-state index contributed by atoms with van der Waals surface area (Å²) in [6.07, 6.45) is 0. The molecule has 0 aromatic carbocycles. The largest absolute Gasteiger partial charge is 0.363 e. The molecule has 0 aromatic heterocycles. The van der Waals surface area contributed by atoms with Crippen molar-refractivity contribution in [2.24, 2.45) is 0 Å². The van der Waals surface area contributed by atoms with Crippen molar-refractivity contribution >= 4 is 17.3 Å². The summed E-state index contributed by atoms with van der Waals surface area (Å²) in [5, 5.41) is 6.16. The number of halogens is 1. The van der Waals surface area contributed by atoms with Crippen LogP contribution in [0.25, 0.3) is 0 Å². The van der Waals surface area contributed by atoms with E-state index in [-0.39, 0.29) is 6.04 Å². The number of thiocarbonyl (C=S) groups is 1. The highest BCUT2D eigenvalue weighted by Crippen LogP contribution is 1.81. The lowest BCUT2D eigenvalue weighted by atomic mass is 10.4. The van der Waals surface area contributed by atoms with Crippen molar-refractivity contribution in [1.82, 2.24) is 10.6 Å². The van der Waals surface area contributed by atoms with Gasteiger partial charge in [-0.3, -0.25) is 0 Å². The van der Waals surface area contributed by atoms with Gasteiger partial charge in [-0.2, -0.15) is 0 Å². The molecule has 0 fully saturated rings. The first-order valence-electron chi connectivity index (χ1n) is 3.31. The van der Waals surface area contributed by atoms with Gasteiger partial charge < -0.3 is 10.6 Å². The van der Waals surface area contributed by atoms with Crippen LogP contribution in [0.4, 0.5) is 4.39 Å². The van der Waals surface area contributed by atoms with Gasteiger partial charge in [0.25, 0.3) is 0 Å². The smallest absolute Gasteiger partial charge is 0.166 e. The quantitative estimate of drug-likeness (QED) is 0.604. The van der Waals surface area contributed by atoms with Crippen molar-refractivity contribution in [2.45, 2.75) is 19.9 Å². The zero-order chi connectivity index (χ0) is 7.98. The van der Waals surface area contributed by atoms with Gasteiger partial charge in [-0.15, -0.1) is 0 Å². The van der Waals surface area contributed by atoms with Crippen LogP contribution in [0, 0.1) is 0 Å². The second kappa shape index (κ2) is 5.41. The molecule has 0 aliphatic rings. The van der Waals surface area contributed by atoms with Gasteiger partial charge >= 0.3 is 0 Å². The lowest BCUT2D eigenvalue weighted by molar-refractivity contribution is 0.424. The lowest BCUT2D eigenvalue weighted by Gasteiger charge is -2.12. The van der Waals surface area contributed by atoms with Crippen LogP contribution in [0.1, 0.15) is 13.8 Å². The van der Waals surface area contributed by atoms with Gasteiger partial charge in [0.15, 0.2) is 5.11 Å². The minimum atomic E-state index is -0.397. The van der Waals surface area contributed by atoms with E-state index in [1.165, 1.54) is 0 Å². The first-order chi connectivity index (χ1) is 4.70. The highest BCUT2D eigenvalue weighted by Gasteiger charge is 2.00. The number of hydrogen-bond donors (Lipinski definition) is 2.